The Hall–Kier alpha value is -1.40. The molecular formula is C15H23N3O3. The fourth-order valence-electron chi connectivity index (χ4n) is 2.89. The molecule has 2 aliphatic rings. The normalized spacial score (nSPS) is 23.9. The van der Waals surface area contributed by atoms with Crippen LogP contribution in [0, 0.1) is 5.92 Å². The van der Waals surface area contributed by atoms with Crippen LogP contribution in [0.5, 0.6) is 0 Å². The summed E-state index contributed by atoms with van der Waals surface area (Å²) in [7, 11) is 0. The summed E-state index contributed by atoms with van der Waals surface area (Å²) in [4.78, 5) is 12.1. The second kappa shape index (κ2) is 7.04. The van der Waals surface area contributed by atoms with E-state index < -0.39 is 0 Å². The lowest BCUT2D eigenvalue weighted by Gasteiger charge is -2.22. The number of nitrogens with zero attached hydrogens (tertiary/aromatic N) is 2. The van der Waals surface area contributed by atoms with Gasteiger partial charge < -0.3 is 14.8 Å². The van der Waals surface area contributed by atoms with Crippen molar-refractivity contribution in [2.75, 3.05) is 25.1 Å². The van der Waals surface area contributed by atoms with Crippen molar-refractivity contribution in [3.05, 3.63) is 12.4 Å². The molecule has 0 bridgehead atoms. The fourth-order valence-corrected chi connectivity index (χ4v) is 2.89. The van der Waals surface area contributed by atoms with Gasteiger partial charge in [-0.25, -0.2) is 0 Å². The maximum absolute atomic E-state index is 12.1. The van der Waals surface area contributed by atoms with Gasteiger partial charge in [0, 0.05) is 31.9 Å². The molecule has 1 atom stereocenters. The second-order valence-corrected chi connectivity index (χ2v) is 5.82. The summed E-state index contributed by atoms with van der Waals surface area (Å²) in [6.45, 7) is 2.96. The first-order valence-electron chi connectivity index (χ1n) is 7.84. The van der Waals surface area contributed by atoms with E-state index in [0.29, 0.717) is 13.2 Å². The largest absolute Gasteiger partial charge is 0.381 e. The molecule has 0 spiro atoms. The quantitative estimate of drug-likeness (QED) is 0.919. The van der Waals surface area contributed by atoms with Crippen molar-refractivity contribution in [3.63, 3.8) is 0 Å². The highest BCUT2D eigenvalue weighted by Crippen LogP contribution is 2.18. The minimum absolute atomic E-state index is 0.0591. The summed E-state index contributed by atoms with van der Waals surface area (Å²) >= 11 is 0. The van der Waals surface area contributed by atoms with Gasteiger partial charge in [0.05, 0.1) is 24.5 Å². The van der Waals surface area contributed by atoms with Crippen LogP contribution in [0.3, 0.4) is 0 Å². The predicted octanol–water partition coefficient (Wildman–Crippen LogP) is 1.82. The Kier molecular flexibility index (Phi) is 4.87. The second-order valence-electron chi connectivity index (χ2n) is 5.82. The van der Waals surface area contributed by atoms with Gasteiger partial charge in [-0.1, -0.05) is 0 Å². The molecule has 21 heavy (non-hydrogen) atoms. The van der Waals surface area contributed by atoms with E-state index in [1.165, 1.54) is 6.42 Å². The van der Waals surface area contributed by atoms with Crippen molar-refractivity contribution in [2.24, 2.45) is 5.92 Å². The molecule has 0 saturated carbocycles. The highest BCUT2D eigenvalue weighted by molar-refractivity contribution is 5.92. The topological polar surface area (TPSA) is 65.4 Å². The van der Waals surface area contributed by atoms with Crippen molar-refractivity contribution < 1.29 is 14.3 Å². The maximum Gasteiger partial charge on any atom is 0.227 e. The molecule has 0 unspecified atom stereocenters. The number of anilines is 1. The number of carbonyl (C=O) groups excluding carboxylic acids is 1. The average molecular weight is 293 g/mol. The zero-order valence-corrected chi connectivity index (χ0v) is 12.3. The Labute approximate surface area is 124 Å². The molecule has 1 aromatic rings. The van der Waals surface area contributed by atoms with Crippen LogP contribution >= 0.6 is 0 Å². The Bertz CT molecular complexity index is 462. The van der Waals surface area contributed by atoms with Crippen molar-refractivity contribution in [1.29, 1.82) is 0 Å². The standard InChI is InChI=1S/C15H23N3O3/c19-15(12-4-7-20-8-5-12)17-13-9-16-18(10-13)11-14-3-1-2-6-21-14/h9-10,12,14H,1-8,11H2,(H,17,19)/t14-/m1/s1. The van der Waals surface area contributed by atoms with Crippen LogP contribution in [0.25, 0.3) is 0 Å². The number of rotatable bonds is 4. The van der Waals surface area contributed by atoms with E-state index in [0.717, 1.165) is 44.5 Å². The molecule has 0 aliphatic carbocycles. The molecule has 6 heteroatoms. The SMILES string of the molecule is O=C(Nc1cnn(C[C@H]2CCCCO2)c1)C1CCOCC1. The van der Waals surface area contributed by atoms with Gasteiger partial charge in [-0.05, 0) is 32.1 Å². The van der Waals surface area contributed by atoms with E-state index in [-0.39, 0.29) is 17.9 Å². The summed E-state index contributed by atoms with van der Waals surface area (Å²) in [5, 5.41) is 7.26. The number of carbonyl (C=O) groups is 1. The number of ether oxygens (including phenoxy) is 2. The first kappa shape index (κ1) is 14.5. The summed E-state index contributed by atoms with van der Waals surface area (Å²) in [6.07, 6.45) is 8.91. The van der Waals surface area contributed by atoms with Gasteiger partial charge in [0.2, 0.25) is 5.91 Å². The van der Waals surface area contributed by atoms with E-state index in [4.69, 9.17) is 9.47 Å². The number of nitrogens with one attached hydrogen (secondary N) is 1. The Morgan fingerprint density at radius 1 is 1.29 bits per heavy atom. The minimum atomic E-state index is 0.0591. The Morgan fingerprint density at radius 2 is 2.14 bits per heavy atom. The molecule has 3 heterocycles. The van der Waals surface area contributed by atoms with Gasteiger partial charge in [-0.15, -0.1) is 0 Å². The first-order valence-corrected chi connectivity index (χ1v) is 7.84. The minimum Gasteiger partial charge on any atom is -0.381 e. The summed E-state index contributed by atoms with van der Waals surface area (Å²) < 4.78 is 12.8. The molecule has 2 saturated heterocycles. The van der Waals surface area contributed by atoms with Gasteiger partial charge in [0.15, 0.2) is 0 Å². The van der Waals surface area contributed by atoms with E-state index in [9.17, 15) is 4.79 Å². The molecule has 3 rings (SSSR count). The summed E-state index contributed by atoms with van der Waals surface area (Å²) in [5.74, 6) is 0.135. The summed E-state index contributed by atoms with van der Waals surface area (Å²) in [6, 6.07) is 0. The predicted molar refractivity (Wildman–Crippen MR) is 78.0 cm³/mol. The third kappa shape index (κ3) is 4.04. The molecule has 1 N–H and O–H groups in total. The number of hydrogen-bond acceptors (Lipinski definition) is 4. The molecule has 1 amide bonds. The molecular weight excluding hydrogens is 270 g/mol. The zero-order valence-electron chi connectivity index (χ0n) is 12.3. The van der Waals surface area contributed by atoms with Crippen LogP contribution in [-0.2, 0) is 20.8 Å². The molecule has 2 fully saturated rings. The van der Waals surface area contributed by atoms with Gasteiger partial charge in [-0.3, -0.25) is 9.48 Å². The van der Waals surface area contributed by atoms with E-state index in [2.05, 4.69) is 10.4 Å². The van der Waals surface area contributed by atoms with Crippen LogP contribution < -0.4 is 5.32 Å². The average Bonchev–Trinajstić information content (AvgIpc) is 2.96. The third-order valence-corrected chi connectivity index (χ3v) is 4.16. The Balaban J connectivity index is 1.50. The highest BCUT2D eigenvalue weighted by Gasteiger charge is 2.22. The molecule has 1 aromatic heterocycles. The first-order chi connectivity index (χ1) is 10.3. The van der Waals surface area contributed by atoms with Crippen molar-refractivity contribution in [2.45, 2.75) is 44.8 Å². The van der Waals surface area contributed by atoms with Crippen LogP contribution in [0.4, 0.5) is 5.69 Å². The van der Waals surface area contributed by atoms with Crippen molar-refractivity contribution >= 4 is 11.6 Å². The number of aromatic nitrogens is 2. The molecule has 6 nitrogen and oxygen atoms in total. The lowest BCUT2D eigenvalue weighted by molar-refractivity contribution is -0.122. The molecule has 116 valence electrons. The number of amides is 1. The van der Waals surface area contributed by atoms with Crippen LogP contribution in [0.2, 0.25) is 0 Å². The van der Waals surface area contributed by atoms with Gasteiger partial charge >= 0.3 is 0 Å². The maximum atomic E-state index is 12.1. The molecule has 2 aliphatic heterocycles. The van der Waals surface area contributed by atoms with Crippen molar-refractivity contribution in [1.82, 2.24) is 9.78 Å². The van der Waals surface area contributed by atoms with Gasteiger partial charge in [0.25, 0.3) is 0 Å². The Morgan fingerprint density at radius 3 is 2.90 bits per heavy atom. The van der Waals surface area contributed by atoms with Crippen molar-refractivity contribution in [3.8, 4) is 0 Å². The van der Waals surface area contributed by atoms with Crippen LogP contribution in [0.1, 0.15) is 32.1 Å². The lowest BCUT2D eigenvalue weighted by atomic mass is 9.99. The number of hydrogen-bond donors (Lipinski definition) is 1. The molecule has 0 aromatic carbocycles. The van der Waals surface area contributed by atoms with E-state index in [1.807, 2.05) is 10.9 Å². The zero-order chi connectivity index (χ0) is 14.5. The fraction of sp³-hybridized carbons (Fsp3) is 0.733. The monoisotopic (exact) mass is 293 g/mol. The van der Waals surface area contributed by atoms with Crippen LogP contribution in [-0.4, -0.2) is 41.6 Å². The summed E-state index contributed by atoms with van der Waals surface area (Å²) in [5.41, 5.74) is 0.766. The third-order valence-electron chi connectivity index (χ3n) is 4.16. The van der Waals surface area contributed by atoms with Gasteiger partial charge in [0.1, 0.15) is 0 Å². The van der Waals surface area contributed by atoms with E-state index >= 15 is 0 Å². The molecule has 0 radical (unpaired) electrons. The van der Waals surface area contributed by atoms with Gasteiger partial charge in [-0.2, -0.15) is 5.10 Å². The smallest absolute Gasteiger partial charge is 0.227 e. The van der Waals surface area contributed by atoms with Crippen LogP contribution in [0.15, 0.2) is 12.4 Å². The lowest BCUT2D eigenvalue weighted by Crippen LogP contribution is -2.28. The highest BCUT2D eigenvalue weighted by atomic mass is 16.5. The van der Waals surface area contributed by atoms with E-state index in [1.54, 1.807) is 6.20 Å².